The van der Waals surface area contributed by atoms with Crippen molar-refractivity contribution in [3.8, 4) is 0 Å². The van der Waals surface area contributed by atoms with Crippen LogP contribution in [0.4, 0.5) is 0 Å². The van der Waals surface area contributed by atoms with Crippen molar-refractivity contribution in [1.82, 2.24) is 5.32 Å². The topological polar surface area (TPSA) is 12.0 Å². The summed E-state index contributed by atoms with van der Waals surface area (Å²) in [6.07, 6.45) is 4.10. The average molecular weight is 181 g/mol. The van der Waals surface area contributed by atoms with Crippen LogP contribution in [-0.2, 0) is 6.42 Å². The summed E-state index contributed by atoms with van der Waals surface area (Å²) < 4.78 is 0. The molecule has 1 aliphatic carbocycles. The van der Waals surface area contributed by atoms with E-state index in [1.807, 2.05) is 11.3 Å². The van der Waals surface area contributed by atoms with Crippen molar-refractivity contribution in [3.05, 3.63) is 22.4 Å². The fourth-order valence-corrected chi connectivity index (χ4v) is 2.00. The van der Waals surface area contributed by atoms with E-state index in [1.54, 1.807) is 0 Å². The van der Waals surface area contributed by atoms with Gasteiger partial charge in [0.05, 0.1) is 0 Å². The van der Waals surface area contributed by atoms with Gasteiger partial charge in [0.1, 0.15) is 0 Å². The first-order valence-electron chi connectivity index (χ1n) is 4.68. The zero-order chi connectivity index (χ0) is 8.23. The van der Waals surface area contributed by atoms with Crippen LogP contribution in [0.1, 0.15) is 17.7 Å². The third-order valence-corrected chi connectivity index (χ3v) is 3.19. The Balaban J connectivity index is 1.56. The highest BCUT2D eigenvalue weighted by Gasteiger charge is 2.19. The Morgan fingerprint density at radius 2 is 2.42 bits per heavy atom. The summed E-state index contributed by atoms with van der Waals surface area (Å²) in [7, 11) is 0. The molecule has 0 atom stereocenters. The molecule has 0 spiro atoms. The van der Waals surface area contributed by atoms with E-state index in [9.17, 15) is 0 Å². The maximum Gasteiger partial charge on any atom is 0.00578 e. The maximum atomic E-state index is 3.49. The van der Waals surface area contributed by atoms with E-state index in [-0.39, 0.29) is 0 Å². The van der Waals surface area contributed by atoms with Gasteiger partial charge in [-0.3, -0.25) is 0 Å². The summed E-state index contributed by atoms with van der Waals surface area (Å²) in [5.41, 5.74) is 0. The summed E-state index contributed by atoms with van der Waals surface area (Å²) in [5.74, 6) is 1.01. The van der Waals surface area contributed by atoms with Gasteiger partial charge in [-0.25, -0.2) is 0 Å². The predicted molar refractivity (Wildman–Crippen MR) is 53.6 cm³/mol. The summed E-state index contributed by atoms with van der Waals surface area (Å²) in [4.78, 5) is 1.50. The van der Waals surface area contributed by atoms with Gasteiger partial charge in [-0.1, -0.05) is 6.07 Å². The molecule has 2 rings (SSSR count). The molecule has 0 unspecified atom stereocenters. The summed E-state index contributed by atoms with van der Waals surface area (Å²) >= 11 is 1.86. The van der Waals surface area contributed by atoms with Crippen molar-refractivity contribution >= 4 is 11.3 Å². The van der Waals surface area contributed by atoms with Crippen LogP contribution in [0.5, 0.6) is 0 Å². The second-order valence-corrected chi connectivity index (χ2v) is 4.51. The summed E-state index contributed by atoms with van der Waals surface area (Å²) in [5, 5.41) is 5.64. The van der Waals surface area contributed by atoms with Crippen molar-refractivity contribution in [1.29, 1.82) is 0 Å². The van der Waals surface area contributed by atoms with Crippen molar-refractivity contribution in [2.45, 2.75) is 19.3 Å². The molecule has 1 aliphatic rings. The fraction of sp³-hybridized carbons (Fsp3) is 0.600. The molecule has 1 fully saturated rings. The molecule has 1 aromatic heterocycles. The molecule has 12 heavy (non-hydrogen) atoms. The van der Waals surface area contributed by atoms with Gasteiger partial charge in [-0.15, -0.1) is 11.3 Å². The molecule has 1 N–H and O–H groups in total. The first kappa shape index (κ1) is 8.27. The molecule has 1 heterocycles. The normalized spacial score (nSPS) is 16.7. The van der Waals surface area contributed by atoms with Crippen LogP contribution >= 0.6 is 11.3 Å². The number of nitrogens with one attached hydrogen (secondary N) is 1. The molecular formula is C10H15NS. The van der Waals surface area contributed by atoms with Crippen molar-refractivity contribution in [3.63, 3.8) is 0 Å². The second-order valence-electron chi connectivity index (χ2n) is 3.48. The zero-order valence-electron chi connectivity index (χ0n) is 7.25. The fourth-order valence-electron chi connectivity index (χ4n) is 1.29. The molecule has 0 bridgehead atoms. The number of rotatable bonds is 5. The summed E-state index contributed by atoms with van der Waals surface area (Å²) in [6.45, 7) is 2.39. The summed E-state index contributed by atoms with van der Waals surface area (Å²) in [6, 6.07) is 4.34. The van der Waals surface area contributed by atoms with Gasteiger partial charge in [0.25, 0.3) is 0 Å². The first-order chi connectivity index (χ1) is 5.95. The molecular weight excluding hydrogens is 166 g/mol. The minimum absolute atomic E-state index is 1.01. The molecule has 0 aliphatic heterocycles. The Morgan fingerprint density at radius 1 is 1.50 bits per heavy atom. The molecule has 0 amide bonds. The lowest BCUT2D eigenvalue weighted by molar-refractivity contribution is 0.639. The van der Waals surface area contributed by atoms with E-state index in [2.05, 4.69) is 22.8 Å². The van der Waals surface area contributed by atoms with Crippen LogP contribution in [-0.4, -0.2) is 13.1 Å². The quantitative estimate of drug-likeness (QED) is 0.687. The molecule has 0 saturated heterocycles. The zero-order valence-corrected chi connectivity index (χ0v) is 8.07. The first-order valence-corrected chi connectivity index (χ1v) is 5.56. The van der Waals surface area contributed by atoms with E-state index in [0.29, 0.717) is 0 Å². The van der Waals surface area contributed by atoms with E-state index >= 15 is 0 Å². The Hall–Kier alpha value is -0.340. The smallest absolute Gasteiger partial charge is 0.00578 e. The number of thiophene rings is 1. The van der Waals surface area contributed by atoms with Crippen LogP contribution in [0.3, 0.4) is 0 Å². The van der Waals surface area contributed by atoms with Gasteiger partial charge in [0, 0.05) is 4.88 Å². The molecule has 0 radical (unpaired) electrons. The molecule has 1 nitrogen and oxygen atoms in total. The highest BCUT2D eigenvalue weighted by molar-refractivity contribution is 7.09. The largest absolute Gasteiger partial charge is 0.316 e. The van der Waals surface area contributed by atoms with Crippen molar-refractivity contribution < 1.29 is 0 Å². The second kappa shape index (κ2) is 4.06. The van der Waals surface area contributed by atoms with Gasteiger partial charge >= 0.3 is 0 Å². The SMILES string of the molecule is c1csc(CCNCC2CC2)c1. The molecule has 1 saturated carbocycles. The van der Waals surface area contributed by atoms with Crippen molar-refractivity contribution in [2.24, 2.45) is 5.92 Å². The number of hydrogen-bond donors (Lipinski definition) is 1. The van der Waals surface area contributed by atoms with Crippen molar-refractivity contribution in [2.75, 3.05) is 13.1 Å². The van der Waals surface area contributed by atoms with Crippen LogP contribution in [0, 0.1) is 5.92 Å². The van der Waals surface area contributed by atoms with Gasteiger partial charge in [-0.05, 0) is 49.7 Å². The molecule has 1 aromatic rings. The van der Waals surface area contributed by atoms with E-state index < -0.39 is 0 Å². The van der Waals surface area contributed by atoms with E-state index in [1.165, 1.54) is 30.7 Å². The minimum atomic E-state index is 1.01. The molecule has 66 valence electrons. The Bertz CT molecular complexity index is 214. The van der Waals surface area contributed by atoms with Crippen LogP contribution in [0.2, 0.25) is 0 Å². The average Bonchev–Trinajstić information content (AvgIpc) is 2.76. The third-order valence-electron chi connectivity index (χ3n) is 2.26. The highest BCUT2D eigenvalue weighted by Crippen LogP contribution is 2.27. The van der Waals surface area contributed by atoms with Gasteiger partial charge < -0.3 is 5.32 Å². The van der Waals surface area contributed by atoms with Gasteiger partial charge in [0.2, 0.25) is 0 Å². The monoisotopic (exact) mass is 181 g/mol. The van der Waals surface area contributed by atoms with E-state index in [4.69, 9.17) is 0 Å². The van der Waals surface area contributed by atoms with Crippen LogP contribution < -0.4 is 5.32 Å². The van der Waals surface area contributed by atoms with Gasteiger partial charge in [0.15, 0.2) is 0 Å². The lowest BCUT2D eigenvalue weighted by Crippen LogP contribution is -2.19. The third kappa shape index (κ3) is 2.61. The lowest BCUT2D eigenvalue weighted by atomic mass is 10.3. The lowest BCUT2D eigenvalue weighted by Gasteiger charge is -2.00. The Morgan fingerprint density at radius 3 is 3.08 bits per heavy atom. The van der Waals surface area contributed by atoms with Crippen LogP contribution in [0.15, 0.2) is 17.5 Å². The minimum Gasteiger partial charge on any atom is -0.316 e. The highest BCUT2D eigenvalue weighted by atomic mass is 32.1. The van der Waals surface area contributed by atoms with Crippen LogP contribution in [0.25, 0.3) is 0 Å². The molecule has 0 aromatic carbocycles. The van der Waals surface area contributed by atoms with Gasteiger partial charge in [-0.2, -0.15) is 0 Å². The Kier molecular flexibility index (Phi) is 2.79. The number of hydrogen-bond acceptors (Lipinski definition) is 2. The standard InChI is InChI=1S/C10H15NS/c1-2-10(12-7-1)5-6-11-8-9-3-4-9/h1-2,7,9,11H,3-6,8H2. The maximum absolute atomic E-state index is 3.49. The van der Waals surface area contributed by atoms with E-state index in [0.717, 1.165) is 12.5 Å². The predicted octanol–water partition coefficient (Wildman–Crippen LogP) is 2.29. The Labute approximate surface area is 77.8 Å². The molecule has 2 heteroatoms.